The number of carbonyl (C=O) groups excluding carboxylic acids is 2. The number of carboxylic acid groups (broad SMARTS) is 1. The Balaban J connectivity index is 1.58. The van der Waals surface area contributed by atoms with E-state index in [2.05, 4.69) is 20.8 Å². The van der Waals surface area contributed by atoms with Crippen LogP contribution in [0.15, 0.2) is 6.20 Å². The number of hydrogen-bond acceptors (Lipinski definition) is 4. The zero-order valence-corrected chi connectivity index (χ0v) is 15.4. The molecule has 9 heteroatoms. The highest BCUT2D eigenvalue weighted by Crippen LogP contribution is 2.32. The van der Waals surface area contributed by atoms with Crippen LogP contribution in [-0.4, -0.2) is 57.7 Å². The lowest BCUT2D eigenvalue weighted by Crippen LogP contribution is -2.45. The standard InChI is InChI=1S/C18H27N5O4/c24-15(25)7-8-19-18(27)23-9-3-6-13(11-23)16-14(10-20-22-16)21-17(26)12-4-1-2-5-12/h10,12-13H,1-9,11H2,(H,19,27)(H,20,22)(H,21,26)(H,24,25). The van der Waals surface area contributed by atoms with E-state index in [0.29, 0.717) is 18.8 Å². The second kappa shape index (κ2) is 8.88. The quantitative estimate of drug-likeness (QED) is 0.602. The number of piperidine rings is 1. The highest BCUT2D eigenvalue weighted by Gasteiger charge is 2.29. The van der Waals surface area contributed by atoms with E-state index in [4.69, 9.17) is 5.11 Å². The number of H-pyrrole nitrogens is 1. The summed E-state index contributed by atoms with van der Waals surface area (Å²) in [4.78, 5) is 36.9. The first kappa shape index (κ1) is 19.2. The Bertz CT molecular complexity index is 683. The predicted molar refractivity (Wildman–Crippen MR) is 98.4 cm³/mol. The molecule has 1 aliphatic carbocycles. The van der Waals surface area contributed by atoms with Crippen molar-refractivity contribution in [2.75, 3.05) is 25.0 Å². The average molecular weight is 377 g/mol. The van der Waals surface area contributed by atoms with Crippen LogP contribution < -0.4 is 10.6 Å². The first-order valence-corrected chi connectivity index (χ1v) is 9.63. The molecule has 0 radical (unpaired) electrons. The Hall–Kier alpha value is -2.58. The van der Waals surface area contributed by atoms with Crippen molar-refractivity contribution >= 4 is 23.6 Å². The van der Waals surface area contributed by atoms with Crippen LogP contribution in [0.1, 0.15) is 56.6 Å². The van der Waals surface area contributed by atoms with E-state index in [1.165, 1.54) is 0 Å². The van der Waals surface area contributed by atoms with Gasteiger partial charge >= 0.3 is 12.0 Å². The first-order valence-electron chi connectivity index (χ1n) is 9.63. The number of amides is 3. The molecular formula is C18H27N5O4. The summed E-state index contributed by atoms with van der Waals surface area (Å²) in [6.07, 6.45) is 7.35. The van der Waals surface area contributed by atoms with Gasteiger partial charge in [-0.15, -0.1) is 0 Å². The summed E-state index contributed by atoms with van der Waals surface area (Å²) in [5.41, 5.74) is 1.55. The van der Waals surface area contributed by atoms with E-state index < -0.39 is 5.97 Å². The molecule has 0 spiro atoms. The largest absolute Gasteiger partial charge is 0.481 e. The smallest absolute Gasteiger partial charge is 0.317 e. The lowest BCUT2D eigenvalue weighted by molar-refractivity contribution is -0.136. The van der Waals surface area contributed by atoms with Crippen molar-refractivity contribution in [3.05, 3.63) is 11.9 Å². The maximum absolute atomic E-state index is 12.4. The number of rotatable bonds is 6. The van der Waals surface area contributed by atoms with E-state index in [1.807, 2.05) is 0 Å². The minimum Gasteiger partial charge on any atom is -0.481 e. The third-order valence-electron chi connectivity index (χ3n) is 5.38. The lowest BCUT2D eigenvalue weighted by atomic mass is 9.94. The molecule has 3 rings (SSSR count). The normalized spacial score (nSPS) is 20.4. The van der Waals surface area contributed by atoms with Gasteiger partial charge in [0.2, 0.25) is 5.91 Å². The molecule has 148 valence electrons. The van der Waals surface area contributed by atoms with Gasteiger partial charge < -0.3 is 20.6 Å². The number of anilines is 1. The molecule has 1 atom stereocenters. The van der Waals surface area contributed by atoms with Gasteiger partial charge in [0, 0.05) is 31.5 Å². The van der Waals surface area contributed by atoms with Gasteiger partial charge in [0.1, 0.15) is 0 Å². The average Bonchev–Trinajstić information content (AvgIpc) is 3.33. The van der Waals surface area contributed by atoms with Crippen LogP contribution in [0.5, 0.6) is 0 Å². The molecule has 1 aliphatic heterocycles. The number of nitrogens with one attached hydrogen (secondary N) is 3. The number of aromatic nitrogens is 2. The van der Waals surface area contributed by atoms with Crippen LogP contribution >= 0.6 is 0 Å². The van der Waals surface area contributed by atoms with Crippen LogP contribution in [-0.2, 0) is 9.59 Å². The van der Waals surface area contributed by atoms with Crippen molar-refractivity contribution < 1.29 is 19.5 Å². The minimum atomic E-state index is -0.938. The van der Waals surface area contributed by atoms with E-state index in [1.54, 1.807) is 11.1 Å². The number of likely N-dealkylation sites (tertiary alicyclic amines) is 1. The zero-order valence-electron chi connectivity index (χ0n) is 15.4. The van der Waals surface area contributed by atoms with Gasteiger partial charge in [0.15, 0.2) is 0 Å². The van der Waals surface area contributed by atoms with Gasteiger partial charge in [0.05, 0.1) is 24.0 Å². The van der Waals surface area contributed by atoms with Crippen molar-refractivity contribution in [2.24, 2.45) is 5.92 Å². The molecule has 1 unspecified atom stereocenters. The van der Waals surface area contributed by atoms with Crippen LogP contribution in [0.3, 0.4) is 0 Å². The van der Waals surface area contributed by atoms with Gasteiger partial charge in [0.25, 0.3) is 0 Å². The van der Waals surface area contributed by atoms with Gasteiger partial charge in [-0.2, -0.15) is 5.10 Å². The van der Waals surface area contributed by atoms with E-state index in [-0.39, 0.29) is 36.7 Å². The number of hydrogen-bond donors (Lipinski definition) is 4. The van der Waals surface area contributed by atoms with Crippen LogP contribution in [0.25, 0.3) is 0 Å². The first-order chi connectivity index (χ1) is 13.0. The molecule has 27 heavy (non-hydrogen) atoms. The molecule has 9 nitrogen and oxygen atoms in total. The molecule has 0 aromatic carbocycles. The number of urea groups is 1. The lowest BCUT2D eigenvalue weighted by Gasteiger charge is -2.32. The summed E-state index contributed by atoms with van der Waals surface area (Å²) in [6.45, 7) is 1.25. The number of carboxylic acids is 1. The van der Waals surface area contributed by atoms with Crippen LogP contribution in [0.2, 0.25) is 0 Å². The third kappa shape index (κ3) is 4.99. The number of aliphatic carboxylic acids is 1. The summed E-state index contributed by atoms with van der Waals surface area (Å²) in [6, 6.07) is -0.253. The molecule has 0 bridgehead atoms. The number of carbonyl (C=O) groups is 3. The van der Waals surface area contributed by atoms with Crippen molar-refractivity contribution in [1.82, 2.24) is 20.4 Å². The highest BCUT2D eigenvalue weighted by molar-refractivity contribution is 5.93. The van der Waals surface area contributed by atoms with Gasteiger partial charge in [-0.05, 0) is 25.7 Å². The van der Waals surface area contributed by atoms with Crippen molar-refractivity contribution in [3.8, 4) is 0 Å². The SMILES string of the molecule is O=C(O)CCNC(=O)N1CCCC(c2[nH]ncc2NC(=O)C2CCCC2)C1. The van der Waals surface area contributed by atoms with Crippen molar-refractivity contribution in [3.63, 3.8) is 0 Å². The number of nitrogens with zero attached hydrogens (tertiary/aromatic N) is 2. The second-order valence-electron chi connectivity index (χ2n) is 7.33. The number of aromatic amines is 1. The van der Waals surface area contributed by atoms with E-state index >= 15 is 0 Å². The monoisotopic (exact) mass is 377 g/mol. The Morgan fingerprint density at radius 3 is 2.74 bits per heavy atom. The van der Waals surface area contributed by atoms with Crippen LogP contribution in [0, 0.1) is 5.92 Å². The molecule has 2 aliphatic rings. The summed E-state index contributed by atoms with van der Waals surface area (Å²) < 4.78 is 0. The van der Waals surface area contributed by atoms with Crippen molar-refractivity contribution in [1.29, 1.82) is 0 Å². The Morgan fingerprint density at radius 1 is 1.22 bits per heavy atom. The molecular weight excluding hydrogens is 350 g/mol. The maximum atomic E-state index is 12.4. The molecule has 3 amide bonds. The topological polar surface area (TPSA) is 127 Å². The Labute approximate surface area is 157 Å². The summed E-state index contributed by atoms with van der Waals surface area (Å²) in [5, 5.41) is 21.4. The molecule has 4 N–H and O–H groups in total. The Kier molecular flexibility index (Phi) is 6.31. The Morgan fingerprint density at radius 2 is 2.00 bits per heavy atom. The van der Waals surface area contributed by atoms with E-state index in [9.17, 15) is 14.4 Å². The van der Waals surface area contributed by atoms with Crippen LogP contribution in [0.4, 0.5) is 10.5 Å². The zero-order chi connectivity index (χ0) is 19.2. The molecule has 1 saturated carbocycles. The highest BCUT2D eigenvalue weighted by atomic mass is 16.4. The maximum Gasteiger partial charge on any atom is 0.317 e. The molecule has 1 saturated heterocycles. The summed E-state index contributed by atoms with van der Waals surface area (Å²) in [5.74, 6) is -0.748. The molecule has 1 aromatic rings. The van der Waals surface area contributed by atoms with E-state index in [0.717, 1.165) is 44.2 Å². The molecule has 1 aromatic heterocycles. The molecule has 2 fully saturated rings. The van der Waals surface area contributed by atoms with Gasteiger partial charge in [-0.25, -0.2) is 4.79 Å². The predicted octanol–water partition coefficient (Wildman–Crippen LogP) is 1.90. The fourth-order valence-electron chi connectivity index (χ4n) is 3.92. The minimum absolute atomic E-state index is 0.0502. The summed E-state index contributed by atoms with van der Waals surface area (Å²) in [7, 11) is 0. The van der Waals surface area contributed by atoms with Gasteiger partial charge in [-0.1, -0.05) is 12.8 Å². The fourth-order valence-corrected chi connectivity index (χ4v) is 3.92. The second-order valence-corrected chi connectivity index (χ2v) is 7.33. The third-order valence-corrected chi connectivity index (χ3v) is 5.38. The van der Waals surface area contributed by atoms with Gasteiger partial charge in [-0.3, -0.25) is 14.7 Å². The fraction of sp³-hybridized carbons (Fsp3) is 0.667. The molecule has 2 heterocycles. The van der Waals surface area contributed by atoms with Crippen molar-refractivity contribution in [2.45, 2.75) is 50.9 Å². The summed E-state index contributed by atoms with van der Waals surface area (Å²) >= 11 is 0.